The second kappa shape index (κ2) is 8.96. The first kappa shape index (κ1) is 21.2. The molecule has 1 fully saturated rings. The summed E-state index contributed by atoms with van der Waals surface area (Å²) in [6, 6.07) is 7.23. The van der Waals surface area contributed by atoms with Crippen molar-refractivity contribution in [1.29, 1.82) is 0 Å². The van der Waals surface area contributed by atoms with E-state index in [2.05, 4.69) is 15.7 Å². The van der Waals surface area contributed by atoms with Crippen LogP contribution < -0.4 is 10.6 Å². The van der Waals surface area contributed by atoms with Gasteiger partial charge in [-0.1, -0.05) is 36.5 Å². The molecule has 0 atom stereocenters. The fraction of sp³-hybridized carbons (Fsp3) is 0.381. The van der Waals surface area contributed by atoms with E-state index < -0.39 is 0 Å². The van der Waals surface area contributed by atoms with Crippen molar-refractivity contribution < 1.29 is 9.59 Å². The Morgan fingerprint density at radius 3 is 2.60 bits per heavy atom. The number of thiophene rings is 1. The maximum Gasteiger partial charge on any atom is 0.261 e. The Hall–Kier alpha value is -2.09. The molecule has 0 spiro atoms. The molecule has 0 radical (unpaired) electrons. The molecule has 2 aromatic heterocycles. The Morgan fingerprint density at radius 1 is 1.17 bits per heavy atom. The Balaban J connectivity index is 1.48. The molecule has 0 saturated heterocycles. The molecular weight excluding hydrogens is 443 g/mol. The van der Waals surface area contributed by atoms with Gasteiger partial charge in [-0.3, -0.25) is 9.59 Å². The van der Waals surface area contributed by atoms with E-state index in [1.54, 1.807) is 16.8 Å². The van der Waals surface area contributed by atoms with Gasteiger partial charge in [0.05, 0.1) is 26.3 Å². The molecule has 1 aliphatic carbocycles. The van der Waals surface area contributed by atoms with Gasteiger partial charge in [0.15, 0.2) is 0 Å². The van der Waals surface area contributed by atoms with Crippen LogP contribution in [0, 0.1) is 5.92 Å². The van der Waals surface area contributed by atoms with Gasteiger partial charge < -0.3 is 10.6 Å². The number of halogens is 2. The molecule has 1 saturated carbocycles. The Morgan fingerprint density at radius 2 is 1.93 bits per heavy atom. The van der Waals surface area contributed by atoms with E-state index in [1.165, 1.54) is 11.3 Å². The van der Waals surface area contributed by atoms with E-state index in [-0.39, 0.29) is 17.7 Å². The maximum absolute atomic E-state index is 12.6. The molecule has 0 unspecified atom stereocenters. The van der Waals surface area contributed by atoms with Crippen molar-refractivity contribution in [2.45, 2.75) is 32.6 Å². The summed E-state index contributed by atoms with van der Waals surface area (Å²) < 4.78 is 1.80. The lowest BCUT2D eigenvalue weighted by Crippen LogP contribution is -2.39. The molecule has 4 rings (SSSR count). The minimum Gasteiger partial charge on any atom is -0.354 e. The van der Waals surface area contributed by atoms with E-state index in [9.17, 15) is 9.59 Å². The molecule has 2 amide bonds. The van der Waals surface area contributed by atoms with E-state index >= 15 is 0 Å². The second-order valence-electron chi connectivity index (χ2n) is 7.31. The molecule has 0 bridgehead atoms. The Kier molecular flexibility index (Phi) is 6.32. The maximum atomic E-state index is 12.6. The monoisotopic (exact) mass is 464 g/mol. The summed E-state index contributed by atoms with van der Waals surface area (Å²) in [5, 5.41) is 12.3. The largest absolute Gasteiger partial charge is 0.354 e. The van der Waals surface area contributed by atoms with E-state index in [0.717, 1.165) is 47.3 Å². The first-order chi connectivity index (χ1) is 14.5. The summed E-state index contributed by atoms with van der Waals surface area (Å²) in [5.41, 5.74) is 1.71. The highest BCUT2D eigenvalue weighted by atomic mass is 35.5. The number of hydrogen-bond acceptors (Lipinski definition) is 4. The average Bonchev–Trinajstić information content (AvgIpc) is 3.25. The number of rotatable bonds is 7. The van der Waals surface area contributed by atoms with Crippen LogP contribution >= 0.6 is 34.5 Å². The van der Waals surface area contributed by atoms with Gasteiger partial charge in [-0.25, -0.2) is 4.68 Å². The van der Waals surface area contributed by atoms with Crippen molar-refractivity contribution in [2.24, 2.45) is 5.92 Å². The van der Waals surface area contributed by atoms with Crippen LogP contribution in [0.5, 0.6) is 0 Å². The van der Waals surface area contributed by atoms with Crippen molar-refractivity contribution in [3.8, 4) is 5.69 Å². The number of carbonyl (C=O) groups is 2. The quantitative estimate of drug-likeness (QED) is 0.501. The second-order valence-corrected chi connectivity index (χ2v) is 9.16. The summed E-state index contributed by atoms with van der Waals surface area (Å²) >= 11 is 13.6. The van der Waals surface area contributed by atoms with E-state index in [0.29, 0.717) is 28.0 Å². The molecule has 30 heavy (non-hydrogen) atoms. The van der Waals surface area contributed by atoms with Crippen LogP contribution in [0.4, 0.5) is 0 Å². The fourth-order valence-corrected chi connectivity index (χ4v) is 4.76. The van der Waals surface area contributed by atoms with Gasteiger partial charge in [0.2, 0.25) is 5.91 Å². The summed E-state index contributed by atoms with van der Waals surface area (Å²) in [7, 11) is 0. The van der Waals surface area contributed by atoms with Crippen LogP contribution in [-0.4, -0.2) is 34.7 Å². The average molecular weight is 465 g/mol. The highest BCUT2D eigenvalue weighted by molar-refractivity contribution is 7.20. The number of aromatic nitrogens is 2. The smallest absolute Gasteiger partial charge is 0.261 e. The normalized spacial score (nSPS) is 14.0. The highest BCUT2D eigenvalue weighted by Crippen LogP contribution is 2.33. The zero-order chi connectivity index (χ0) is 21.3. The van der Waals surface area contributed by atoms with Crippen LogP contribution in [0.25, 0.3) is 15.9 Å². The SMILES string of the molecule is CCc1nn(-c2ccc(Cl)c(Cl)c2)c2sc(C(=O)NCCNC(=O)C3CCC3)cc12. The van der Waals surface area contributed by atoms with Crippen LogP contribution in [-0.2, 0) is 11.2 Å². The number of carbonyl (C=O) groups excluding carboxylic acids is 2. The molecule has 9 heteroatoms. The predicted octanol–water partition coefficient (Wildman–Crippen LogP) is 4.60. The zero-order valence-electron chi connectivity index (χ0n) is 16.5. The number of nitrogens with zero attached hydrogens (tertiary/aromatic N) is 2. The summed E-state index contributed by atoms with van der Waals surface area (Å²) in [4.78, 5) is 26.0. The van der Waals surface area contributed by atoms with Crippen LogP contribution in [0.2, 0.25) is 10.0 Å². The molecule has 0 aliphatic heterocycles. The lowest BCUT2D eigenvalue weighted by molar-refractivity contribution is -0.127. The lowest BCUT2D eigenvalue weighted by atomic mass is 9.85. The van der Waals surface area contributed by atoms with E-state index in [4.69, 9.17) is 23.2 Å². The van der Waals surface area contributed by atoms with Gasteiger partial charge in [0.1, 0.15) is 4.83 Å². The molecule has 158 valence electrons. The summed E-state index contributed by atoms with van der Waals surface area (Å²) in [6.45, 7) is 2.86. The van der Waals surface area contributed by atoms with Gasteiger partial charge >= 0.3 is 0 Å². The van der Waals surface area contributed by atoms with Gasteiger partial charge in [-0.15, -0.1) is 11.3 Å². The molecule has 2 heterocycles. The minimum absolute atomic E-state index is 0.0895. The lowest BCUT2D eigenvalue weighted by Gasteiger charge is -2.23. The Labute approximate surface area is 188 Å². The molecular formula is C21H22Cl2N4O2S. The number of benzene rings is 1. The Bertz CT molecular complexity index is 1100. The van der Waals surface area contributed by atoms with Crippen LogP contribution in [0.3, 0.4) is 0 Å². The van der Waals surface area contributed by atoms with E-state index in [1.807, 2.05) is 19.1 Å². The van der Waals surface area contributed by atoms with Gasteiger partial charge in [-0.2, -0.15) is 5.10 Å². The number of hydrogen-bond donors (Lipinski definition) is 2. The first-order valence-corrected chi connectivity index (χ1v) is 11.6. The van der Waals surface area contributed by atoms with Gasteiger partial charge in [-0.05, 0) is 43.5 Å². The minimum atomic E-state index is -0.156. The number of nitrogens with one attached hydrogen (secondary N) is 2. The molecule has 1 aliphatic rings. The summed E-state index contributed by atoms with van der Waals surface area (Å²) in [6.07, 6.45) is 3.81. The summed E-state index contributed by atoms with van der Waals surface area (Å²) in [5.74, 6) is 0.0866. The first-order valence-electron chi connectivity index (χ1n) is 10.0. The molecule has 3 aromatic rings. The third-order valence-corrected chi connectivity index (χ3v) is 7.18. The number of aryl methyl sites for hydroxylation is 1. The predicted molar refractivity (Wildman–Crippen MR) is 121 cm³/mol. The van der Waals surface area contributed by atoms with Crippen molar-refractivity contribution in [3.05, 3.63) is 44.9 Å². The van der Waals surface area contributed by atoms with Gasteiger partial charge in [0, 0.05) is 24.4 Å². The van der Waals surface area contributed by atoms with Crippen LogP contribution in [0.1, 0.15) is 41.6 Å². The number of amides is 2. The fourth-order valence-electron chi connectivity index (χ4n) is 3.39. The third-order valence-electron chi connectivity index (χ3n) is 5.33. The van der Waals surface area contributed by atoms with Crippen molar-refractivity contribution >= 4 is 56.6 Å². The molecule has 6 nitrogen and oxygen atoms in total. The van der Waals surface area contributed by atoms with Crippen molar-refractivity contribution in [1.82, 2.24) is 20.4 Å². The highest BCUT2D eigenvalue weighted by Gasteiger charge is 2.24. The van der Waals surface area contributed by atoms with Crippen molar-refractivity contribution in [2.75, 3.05) is 13.1 Å². The third kappa shape index (κ3) is 4.19. The van der Waals surface area contributed by atoms with Gasteiger partial charge in [0.25, 0.3) is 5.91 Å². The molecule has 2 N–H and O–H groups in total. The number of fused-ring (bicyclic) bond motifs is 1. The zero-order valence-corrected chi connectivity index (χ0v) is 18.8. The van der Waals surface area contributed by atoms with Crippen molar-refractivity contribution in [3.63, 3.8) is 0 Å². The van der Waals surface area contributed by atoms with Crippen LogP contribution in [0.15, 0.2) is 24.3 Å². The standard InChI is InChI=1S/C21H22Cl2N4O2S/c1-2-17-14-11-18(20(29)25-9-8-24-19(28)12-4-3-5-12)30-21(14)27(26-17)13-6-7-15(22)16(23)10-13/h6-7,10-12H,2-5,8-9H2,1H3,(H,24,28)(H,25,29). The topological polar surface area (TPSA) is 76.0 Å². The molecule has 1 aromatic carbocycles.